The average molecular weight is 472 g/mol. The number of nitrogens with one attached hydrogen (secondary N) is 2. The van der Waals surface area contributed by atoms with Crippen molar-refractivity contribution < 1.29 is 0 Å². The second-order valence-corrected chi connectivity index (χ2v) is 8.30. The Balaban J connectivity index is 1.86. The molecule has 5 heterocycles. The summed E-state index contributed by atoms with van der Waals surface area (Å²) in [6.45, 7) is 0. The van der Waals surface area contributed by atoms with Gasteiger partial charge in [-0.15, -0.1) is 0 Å². The predicted molar refractivity (Wildman–Crippen MR) is 111 cm³/mol. The Morgan fingerprint density at radius 3 is 1.50 bits per heavy atom. The number of H-pyrrole nitrogens is 2. The molecule has 0 radical (unpaired) electrons. The highest BCUT2D eigenvalue weighted by molar-refractivity contribution is 9.13. The second kappa shape index (κ2) is 6.35. The van der Waals surface area contributed by atoms with Crippen LogP contribution in [0.25, 0.3) is 22.1 Å². The molecule has 0 spiro atoms. The van der Waals surface area contributed by atoms with Crippen molar-refractivity contribution in [2.45, 2.75) is 25.7 Å². The van der Waals surface area contributed by atoms with Crippen molar-refractivity contribution in [3.63, 3.8) is 0 Å². The lowest BCUT2D eigenvalue weighted by Gasteiger charge is -1.86. The largest absolute Gasteiger partial charge is 0.355 e. The summed E-state index contributed by atoms with van der Waals surface area (Å²) in [7, 11) is 0. The maximum absolute atomic E-state index is 4.79. The molecule has 6 heteroatoms. The van der Waals surface area contributed by atoms with Crippen molar-refractivity contribution in [3.8, 4) is 0 Å². The summed E-state index contributed by atoms with van der Waals surface area (Å²) in [6, 6.07) is 12.7. The number of hydrogen-bond donors (Lipinski definition) is 2. The molecule has 2 aliphatic rings. The predicted octanol–water partition coefficient (Wildman–Crippen LogP) is 5.41. The van der Waals surface area contributed by atoms with Gasteiger partial charge in [-0.25, -0.2) is 0 Å². The molecule has 0 aromatic carbocycles. The summed E-state index contributed by atoms with van der Waals surface area (Å²) < 4.78 is 2.05. The van der Waals surface area contributed by atoms with Crippen LogP contribution in [0.4, 0.5) is 0 Å². The van der Waals surface area contributed by atoms with Crippen molar-refractivity contribution in [1.29, 1.82) is 0 Å². The highest BCUT2D eigenvalue weighted by Gasteiger charge is 2.11. The maximum Gasteiger partial charge on any atom is 0.0574 e. The molecule has 26 heavy (non-hydrogen) atoms. The summed E-state index contributed by atoms with van der Waals surface area (Å²) in [6.07, 6.45) is 3.84. The standard InChI is InChI=1S/C20H16Br2N4/c21-19-17-9-15-5-3-13(24-15)7-11-1-2-12(23-11)8-14-4-6-16(25-14)10-18(26-17)20(19)22/h1-2,7-10,23,26H,3-6H2. The number of aromatic amines is 2. The van der Waals surface area contributed by atoms with Gasteiger partial charge in [-0.3, -0.25) is 9.97 Å². The van der Waals surface area contributed by atoms with Gasteiger partial charge < -0.3 is 9.97 Å². The first-order valence-electron chi connectivity index (χ1n) is 8.66. The number of aromatic nitrogens is 4. The van der Waals surface area contributed by atoms with Crippen LogP contribution in [0.1, 0.15) is 22.8 Å². The molecular weight excluding hydrogens is 456 g/mol. The Labute approximate surface area is 167 Å². The minimum atomic E-state index is 0.957. The van der Waals surface area contributed by atoms with E-state index in [1.807, 2.05) is 0 Å². The Morgan fingerprint density at radius 2 is 1.04 bits per heavy atom. The second-order valence-electron chi connectivity index (χ2n) is 6.72. The van der Waals surface area contributed by atoms with Gasteiger partial charge in [0.25, 0.3) is 0 Å². The van der Waals surface area contributed by atoms with Crippen LogP contribution < -0.4 is 0 Å². The minimum absolute atomic E-state index is 0.957. The molecule has 2 aliphatic heterocycles. The van der Waals surface area contributed by atoms with Gasteiger partial charge in [0, 0.05) is 33.8 Å². The van der Waals surface area contributed by atoms with Gasteiger partial charge in [-0.05, 0) is 93.9 Å². The normalized spacial score (nSPS) is 13.9. The Morgan fingerprint density at radius 1 is 0.615 bits per heavy atom. The number of hydrogen-bond acceptors (Lipinski definition) is 2. The molecule has 2 N–H and O–H groups in total. The van der Waals surface area contributed by atoms with E-state index >= 15 is 0 Å². The molecule has 3 aromatic heterocycles. The smallest absolute Gasteiger partial charge is 0.0574 e. The van der Waals surface area contributed by atoms with E-state index in [4.69, 9.17) is 9.97 Å². The Hall–Kier alpha value is -1.92. The van der Waals surface area contributed by atoms with E-state index in [1.54, 1.807) is 0 Å². The van der Waals surface area contributed by atoms with E-state index in [-0.39, 0.29) is 0 Å². The average Bonchev–Trinajstić information content (AvgIpc) is 3.38. The van der Waals surface area contributed by atoms with Gasteiger partial charge in [0.15, 0.2) is 0 Å². The van der Waals surface area contributed by atoms with Gasteiger partial charge >= 0.3 is 0 Å². The van der Waals surface area contributed by atoms with E-state index in [0.29, 0.717) is 0 Å². The molecule has 0 aliphatic carbocycles. The van der Waals surface area contributed by atoms with Crippen molar-refractivity contribution in [1.82, 2.24) is 19.9 Å². The summed E-state index contributed by atoms with van der Waals surface area (Å²) in [5.74, 6) is 0. The first-order valence-corrected chi connectivity index (χ1v) is 10.2. The number of rotatable bonds is 0. The molecule has 0 saturated heterocycles. The lowest BCUT2D eigenvalue weighted by Crippen LogP contribution is -1.78. The molecule has 8 bridgehead atoms. The molecular formula is C20H16Br2N4. The van der Waals surface area contributed by atoms with Crippen LogP contribution in [0.15, 0.2) is 45.3 Å². The van der Waals surface area contributed by atoms with Crippen LogP contribution in [0.3, 0.4) is 0 Å². The lowest BCUT2D eigenvalue weighted by atomic mass is 10.2. The van der Waals surface area contributed by atoms with Crippen molar-refractivity contribution >= 4 is 53.9 Å². The fourth-order valence-corrected chi connectivity index (χ4v) is 4.36. The maximum atomic E-state index is 4.79. The highest BCUT2D eigenvalue weighted by Crippen LogP contribution is 2.32. The number of nitrogens with zero attached hydrogens (tertiary/aromatic N) is 2. The zero-order valence-electron chi connectivity index (χ0n) is 13.9. The minimum Gasteiger partial charge on any atom is -0.355 e. The van der Waals surface area contributed by atoms with Crippen LogP contribution >= 0.6 is 31.9 Å². The molecule has 130 valence electrons. The molecule has 5 rings (SSSR count). The summed E-state index contributed by atoms with van der Waals surface area (Å²) in [5, 5.41) is 0. The van der Waals surface area contributed by atoms with Gasteiger partial charge in [-0.1, -0.05) is 0 Å². The van der Waals surface area contributed by atoms with Crippen LogP contribution in [0.5, 0.6) is 0 Å². The molecule has 0 amide bonds. The van der Waals surface area contributed by atoms with Gasteiger partial charge in [-0.2, -0.15) is 0 Å². The lowest BCUT2D eigenvalue weighted by molar-refractivity contribution is 1.02. The topological polar surface area (TPSA) is 57.4 Å². The third-order valence-electron chi connectivity index (χ3n) is 4.78. The number of aryl methyl sites for hydroxylation is 4. The van der Waals surface area contributed by atoms with Gasteiger partial charge in [0.1, 0.15) is 0 Å². The van der Waals surface area contributed by atoms with Crippen molar-refractivity contribution in [2.75, 3.05) is 0 Å². The van der Waals surface area contributed by atoms with Crippen LogP contribution in [-0.4, -0.2) is 19.9 Å². The fourth-order valence-electron chi connectivity index (χ4n) is 3.50. The quantitative estimate of drug-likeness (QED) is 0.460. The van der Waals surface area contributed by atoms with Crippen molar-refractivity contribution in [2.24, 2.45) is 0 Å². The molecule has 4 nitrogen and oxygen atoms in total. The van der Waals surface area contributed by atoms with Gasteiger partial charge in [0.2, 0.25) is 0 Å². The van der Waals surface area contributed by atoms with E-state index in [1.165, 1.54) is 0 Å². The van der Waals surface area contributed by atoms with Crippen LogP contribution in [-0.2, 0) is 25.7 Å². The molecule has 0 atom stereocenters. The van der Waals surface area contributed by atoms with E-state index in [9.17, 15) is 0 Å². The number of halogens is 2. The monoisotopic (exact) mass is 470 g/mol. The number of fused-ring (bicyclic) bond motifs is 8. The molecule has 0 fully saturated rings. The summed E-state index contributed by atoms with van der Waals surface area (Å²) >= 11 is 7.38. The van der Waals surface area contributed by atoms with Crippen LogP contribution in [0, 0.1) is 0 Å². The van der Waals surface area contributed by atoms with Crippen molar-refractivity contribution in [3.05, 3.63) is 68.1 Å². The summed E-state index contributed by atoms with van der Waals surface area (Å²) in [5.41, 5.74) is 8.65. The molecule has 0 unspecified atom stereocenters. The third kappa shape index (κ3) is 3.01. The first kappa shape index (κ1) is 16.3. The molecule has 0 saturated carbocycles. The first-order chi connectivity index (χ1) is 12.6. The molecule has 3 aromatic rings. The van der Waals surface area contributed by atoms with E-state index in [0.717, 1.165) is 79.5 Å². The Bertz CT molecular complexity index is 1090. The van der Waals surface area contributed by atoms with Crippen LogP contribution in [0.2, 0.25) is 0 Å². The Kier molecular flexibility index (Phi) is 3.98. The summed E-state index contributed by atoms with van der Waals surface area (Å²) in [4.78, 5) is 16.5. The zero-order chi connectivity index (χ0) is 17.7. The highest BCUT2D eigenvalue weighted by atomic mass is 79.9. The SMILES string of the molecule is Brc1c(Br)c2cc3nc(cc4ccc(cc5nc(cc1[nH]2)CC5)[nH]4)CC3. The van der Waals surface area contributed by atoms with E-state index in [2.05, 4.69) is 78.2 Å². The van der Waals surface area contributed by atoms with E-state index < -0.39 is 0 Å². The third-order valence-corrected chi connectivity index (χ3v) is 6.96. The van der Waals surface area contributed by atoms with Gasteiger partial charge in [0.05, 0.1) is 20.0 Å². The zero-order valence-corrected chi connectivity index (χ0v) is 17.1. The fraction of sp³-hybridized carbons (Fsp3) is 0.200.